The molecular weight excluding hydrogens is 250 g/mol. The molecule has 1 aromatic heterocycles. The van der Waals surface area contributed by atoms with E-state index in [1.165, 1.54) is 0 Å². The molecule has 1 aliphatic carbocycles. The molecule has 1 N–H and O–H groups in total. The number of pyridine rings is 1. The number of rotatable bonds is 1. The average molecular weight is 269 g/mol. The molecule has 1 heterocycles. The monoisotopic (exact) mass is 269 g/mol. The number of benzene rings is 1. The number of nitrogens with zero attached hydrogens (tertiary/aromatic N) is 1. The van der Waals surface area contributed by atoms with Crippen molar-refractivity contribution in [2.24, 2.45) is 0 Å². The molecule has 1 aliphatic rings. The summed E-state index contributed by atoms with van der Waals surface area (Å²) >= 11 is 0. The van der Waals surface area contributed by atoms with Gasteiger partial charge in [0.25, 0.3) is 0 Å². The summed E-state index contributed by atoms with van der Waals surface area (Å²) in [6, 6.07) is 5.87. The number of carboxylic acid groups (broad SMARTS) is 1. The molecule has 3 nitrogen and oxygen atoms in total. The fraction of sp³-hybridized carbons (Fsp3) is 0.412. The van der Waals surface area contributed by atoms with Crippen LogP contribution in [0, 0.1) is 6.92 Å². The van der Waals surface area contributed by atoms with Crippen molar-refractivity contribution >= 4 is 16.9 Å². The van der Waals surface area contributed by atoms with Gasteiger partial charge in [0.2, 0.25) is 0 Å². The fourth-order valence-corrected chi connectivity index (χ4v) is 3.30. The van der Waals surface area contributed by atoms with Gasteiger partial charge >= 0.3 is 5.97 Å². The van der Waals surface area contributed by atoms with Crippen LogP contribution in [0.2, 0.25) is 0 Å². The molecule has 3 rings (SSSR count). The summed E-state index contributed by atoms with van der Waals surface area (Å²) in [5.41, 5.74) is 4.27. The largest absolute Gasteiger partial charge is 0.478 e. The molecule has 0 fully saturated rings. The summed E-state index contributed by atoms with van der Waals surface area (Å²) in [6.07, 6.45) is 2.12. The average Bonchev–Trinajstić information content (AvgIpc) is 2.40. The summed E-state index contributed by atoms with van der Waals surface area (Å²) in [4.78, 5) is 16.6. The highest BCUT2D eigenvalue weighted by Crippen LogP contribution is 2.41. The fourth-order valence-electron chi connectivity index (χ4n) is 3.30. The van der Waals surface area contributed by atoms with Crippen molar-refractivity contribution in [3.05, 3.63) is 40.6 Å². The number of hydrogen-bond donors (Lipinski definition) is 1. The molecule has 2 atom stereocenters. The Morgan fingerprint density at radius 2 is 1.95 bits per heavy atom. The summed E-state index contributed by atoms with van der Waals surface area (Å²) in [7, 11) is 0. The lowest BCUT2D eigenvalue weighted by atomic mass is 9.78. The van der Waals surface area contributed by atoms with Gasteiger partial charge in [0.15, 0.2) is 0 Å². The van der Waals surface area contributed by atoms with Crippen molar-refractivity contribution in [1.29, 1.82) is 0 Å². The van der Waals surface area contributed by atoms with Gasteiger partial charge in [-0.1, -0.05) is 25.5 Å². The first-order valence-corrected chi connectivity index (χ1v) is 7.16. The van der Waals surface area contributed by atoms with Crippen molar-refractivity contribution in [3.63, 3.8) is 0 Å². The van der Waals surface area contributed by atoms with Gasteiger partial charge < -0.3 is 5.11 Å². The van der Waals surface area contributed by atoms with Crippen LogP contribution >= 0.6 is 0 Å². The molecule has 3 heteroatoms. The van der Waals surface area contributed by atoms with Gasteiger partial charge in [-0.15, -0.1) is 0 Å². The van der Waals surface area contributed by atoms with E-state index >= 15 is 0 Å². The van der Waals surface area contributed by atoms with Gasteiger partial charge in [0.05, 0.1) is 11.1 Å². The summed E-state index contributed by atoms with van der Waals surface area (Å²) in [5, 5.41) is 10.5. The van der Waals surface area contributed by atoms with Crippen molar-refractivity contribution in [2.45, 2.75) is 45.4 Å². The minimum absolute atomic E-state index is 0.268. The molecule has 0 radical (unpaired) electrons. The van der Waals surface area contributed by atoms with Crippen LogP contribution in [0.1, 0.15) is 65.7 Å². The van der Waals surface area contributed by atoms with Gasteiger partial charge in [0, 0.05) is 11.1 Å². The van der Waals surface area contributed by atoms with Crippen LogP contribution in [0.5, 0.6) is 0 Å². The maximum Gasteiger partial charge on any atom is 0.336 e. The molecule has 0 saturated carbocycles. The van der Waals surface area contributed by atoms with Crippen LogP contribution < -0.4 is 0 Å². The Balaban J connectivity index is 2.45. The molecule has 0 aliphatic heterocycles. The minimum atomic E-state index is -0.833. The minimum Gasteiger partial charge on any atom is -0.478 e. The highest BCUT2D eigenvalue weighted by Gasteiger charge is 2.30. The van der Waals surface area contributed by atoms with Crippen LogP contribution in [0.3, 0.4) is 0 Å². The van der Waals surface area contributed by atoms with E-state index in [0.717, 1.165) is 40.6 Å². The molecule has 2 aromatic rings. The zero-order valence-corrected chi connectivity index (χ0v) is 12.1. The Morgan fingerprint density at radius 1 is 1.25 bits per heavy atom. The number of hydrogen-bond acceptors (Lipinski definition) is 2. The lowest BCUT2D eigenvalue weighted by molar-refractivity contribution is 0.0696. The van der Waals surface area contributed by atoms with E-state index in [2.05, 4.69) is 13.8 Å². The van der Waals surface area contributed by atoms with E-state index in [0.29, 0.717) is 11.5 Å². The molecule has 0 saturated heterocycles. The third-order valence-electron chi connectivity index (χ3n) is 4.41. The van der Waals surface area contributed by atoms with Crippen LogP contribution in [0.4, 0.5) is 0 Å². The maximum absolute atomic E-state index is 11.8. The molecule has 2 unspecified atom stereocenters. The molecule has 104 valence electrons. The summed E-state index contributed by atoms with van der Waals surface area (Å²) in [6.45, 7) is 6.24. The predicted octanol–water partition coefficient (Wildman–Crippen LogP) is 4.24. The lowest BCUT2D eigenvalue weighted by Gasteiger charge is -2.28. The second-order valence-corrected chi connectivity index (χ2v) is 5.99. The van der Waals surface area contributed by atoms with Crippen molar-refractivity contribution in [1.82, 2.24) is 4.98 Å². The van der Waals surface area contributed by atoms with Gasteiger partial charge in [-0.2, -0.15) is 0 Å². The Bertz CT molecular complexity index is 706. The third kappa shape index (κ3) is 1.89. The Morgan fingerprint density at radius 3 is 2.65 bits per heavy atom. The van der Waals surface area contributed by atoms with Gasteiger partial charge in [-0.3, -0.25) is 4.98 Å². The van der Waals surface area contributed by atoms with E-state index < -0.39 is 5.97 Å². The van der Waals surface area contributed by atoms with Crippen molar-refractivity contribution in [3.8, 4) is 0 Å². The first-order chi connectivity index (χ1) is 9.49. The van der Waals surface area contributed by atoms with Crippen LogP contribution in [-0.4, -0.2) is 16.1 Å². The quantitative estimate of drug-likeness (QED) is 0.842. The second-order valence-electron chi connectivity index (χ2n) is 5.99. The van der Waals surface area contributed by atoms with E-state index in [1.54, 1.807) is 0 Å². The summed E-state index contributed by atoms with van der Waals surface area (Å²) in [5.74, 6) is -0.227. The molecule has 0 amide bonds. The van der Waals surface area contributed by atoms with Crippen LogP contribution in [0.25, 0.3) is 10.9 Å². The highest BCUT2D eigenvalue weighted by molar-refractivity contribution is 6.04. The highest BCUT2D eigenvalue weighted by atomic mass is 16.4. The number of aromatic nitrogens is 1. The second kappa shape index (κ2) is 4.58. The SMILES string of the molecule is Cc1ccc2nc3c(c(C(=O)O)c2c1)C(C)CCC3C. The molecule has 20 heavy (non-hydrogen) atoms. The Hall–Kier alpha value is -1.90. The predicted molar refractivity (Wildman–Crippen MR) is 79.5 cm³/mol. The maximum atomic E-state index is 11.8. The zero-order chi connectivity index (χ0) is 14.4. The number of carbonyl (C=O) groups is 1. The van der Waals surface area contributed by atoms with E-state index in [4.69, 9.17) is 4.98 Å². The number of aromatic carboxylic acids is 1. The Labute approximate surface area is 118 Å². The molecule has 0 bridgehead atoms. The van der Waals surface area contributed by atoms with Crippen LogP contribution in [0.15, 0.2) is 18.2 Å². The zero-order valence-electron chi connectivity index (χ0n) is 12.1. The first-order valence-electron chi connectivity index (χ1n) is 7.16. The number of fused-ring (bicyclic) bond motifs is 2. The smallest absolute Gasteiger partial charge is 0.336 e. The molecular formula is C17H19NO2. The first kappa shape index (κ1) is 13.1. The standard InChI is InChI=1S/C17H19NO2/c1-9-4-7-13-12(8-9)15(17(19)20)14-10(2)5-6-11(3)16(14)18-13/h4,7-8,10-11H,5-6H2,1-3H3,(H,19,20). The Kier molecular flexibility index (Phi) is 3.00. The van der Waals surface area contributed by atoms with Crippen molar-refractivity contribution in [2.75, 3.05) is 0 Å². The van der Waals surface area contributed by atoms with Gasteiger partial charge in [-0.25, -0.2) is 4.79 Å². The number of aryl methyl sites for hydroxylation is 1. The summed E-state index contributed by atoms with van der Waals surface area (Å²) < 4.78 is 0. The normalized spacial score (nSPS) is 21.8. The number of carboxylic acids is 1. The third-order valence-corrected chi connectivity index (χ3v) is 4.41. The van der Waals surface area contributed by atoms with E-state index in [1.807, 2.05) is 25.1 Å². The topological polar surface area (TPSA) is 50.2 Å². The molecule has 0 spiro atoms. The lowest BCUT2D eigenvalue weighted by Crippen LogP contribution is -2.18. The van der Waals surface area contributed by atoms with Gasteiger partial charge in [-0.05, 0) is 49.3 Å². The molecule has 1 aromatic carbocycles. The van der Waals surface area contributed by atoms with Gasteiger partial charge in [0.1, 0.15) is 0 Å². The van der Waals surface area contributed by atoms with Crippen molar-refractivity contribution < 1.29 is 9.90 Å². The van der Waals surface area contributed by atoms with E-state index in [-0.39, 0.29) is 5.92 Å². The van der Waals surface area contributed by atoms with Crippen LogP contribution in [-0.2, 0) is 0 Å². The van der Waals surface area contributed by atoms with E-state index in [9.17, 15) is 9.90 Å².